The second-order valence-corrected chi connectivity index (χ2v) is 5.31. The van der Waals surface area contributed by atoms with E-state index in [1.807, 2.05) is 24.3 Å². The minimum absolute atomic E-state index is 0.188. The number of hydrogen-bond donors (Lipinski definition) is 0. The topological polar surface area (TPSA) is 59.0 Å². The van der Waals surface area contributed by atoms with Crippen LogP contribution < -0.4 is 4.74 Å². The van der Waals surface area contributed by atoms with Crippen LogP contribution in [0.2, 0.25) is 0 Å². The Labute approximate surface area is 139 Å². The van der Waals surface area contributed by atoms with Crippen molar-refractivity contribution in [3.63, 3.8) is 0 Å². The molecule has 0 aliphatic heterocycles. The first-order valence-electron chi connectivity index (χ1n) is 7.41. The standard InChI is InChI=1S/C19H16N2O3/c1-21(20-12-13-7-9-14(24-2)10-8-13)17-11-18(22)15-5-3-4-6-16(15)19(17)23/h3-12H,1-2H3/b20-12+. The van der Waals surface area contributed by atoms with E-state index in [4.69, 9.17) is 4.74 Å². The molecule has 0 unspecified atom stereocenters. The molecule has 2 aromatic carbocycles. The van der Waals surface area contributed by atoms with E-state index in [2.05, 4.69) is 5.10 Å². The molecule has 3 rings (SSSR count). The van der Waals surface area contributed by atoms with Crippen molar-refractivity contribution >= 4 is 17.8 Å². The normalized spacial score (nSPS) is 13.7. The van der Waals surface area contributed by atoms with Crippen LogP contribution in [0.5, 0.6) is 5.75 Å². The van der Waals surface area contributed by atoms with Gasteiger partial charge in [0.25, 0.3) is 0 Å². The zero-order valence-electron chi connectivity index (χ0n) is 13.4. The van der Waals surface area contributed by atoms with Crippen LogP contribution in [0, 0.1) is 0 Å². The fourth-order valence-corrected chi connectivity index (χ4v) is 2.45. The highest BCUT2D eigenvalue weighted by Crippen LogP contribution is 2.22. The van der Waals surface area contributed by atoms with Crippen molar-refractivity contribution in [3.8, 4) is 5.75 Å². The Bertz CT molecular complexity index is 851. The maximum absolute atomic E-state index is 12.5. The highest BCUT2D eigenvalue weighted by Gasteiger charge is 2.27. The molecule has 5 nitrogen and oxygen atoms in total. The summed E-state index contributed by atoms with van der Waals surface area (Å²) in [6.45, 7) is 0. The van der Waals surface area contributed by atoms with Crippen LogP contribution in [0.4, 0.5) is 0 Å². The number of carbonyl (C=O) groups is 2. The zero-order chi connectivity index (χ0) is 17.1. The molecular formula is C19H16N2O3. The Balaban J connectivity index is 1.82. The maximum atomic E-state index is 12.5. The molecule has 0 saturated carbocycles. The third-order valence-corrected chi connectivity index (χ3v) is 3.78. The number of methoxy groups -OCH3 is 1. The van der Waals surface area contributed by atoms with Crippen molar-refractivity contribution in [1.82, 2.24) is 5.01 Å². The van der Waals surface area contributed by atoms with E-state index in [1.54, 1.807) is 44.6 Å². The number of ketones is 2. The van der Waals surface area contributed by atoms with E-state index >= 15 is 0 Å². The summed E-state index contributed by atoms with van der Waals surface area (Å²) in [6.07, 6.45) is 2.95. The molecule has 0 spiro atoms. The molecule has 0 atom stereocenters. The molecule has 0 heterocycles. The van der Waals surface area contributed by atoms with E-state index in [0.29, 0.717) is 11.1 Å². The molecule has 1 aliphatic carbocycles. The lowest BCUT2D eigenvalue weighted by molar-refractivity contribution is 0.0958. The van der Waals surface area contributed by atoms with E-state index in [1.165, 1.54) is 11.1 Å². The molecule has 0 amide bonds. The molecule has 5 heteroatoms. The van der Waals surface area contributed by atoms with Gasteiger partial charge in [-0.2, -0.15) is 5.10 Å². The van der Waals surface area contributed by atoms with Gasteiger partial charge in [0.2, 0.25) is 5.78 Å². The number of benzene rings is 2. The molecule has 1 aliphatic rings. The Morgan fingerprint density at radius 2 is 1.67 bits per heavy atom. The molecule has 120 valence electrons. The van der Waals surface area contributed by atoms with Crippen LogP contribution >= 0.6 is 0 Å². The number of carbonyl (C=O) groups excluding carboxylic acids is 2. The summed E-state index contributed by atoms with van der Waals surface area (Å²) in [7, 11) is 3.25. The van der Waals surface area contributed by atoms with Crippen molar-refractivity contribution in [2.24, 2.45) is 5.10 Å². The second-order valence-electron chi connectivity index (χ2n) is 5.31. The quantitative estimate of drug-likeness (QED) is 0.642. The molecule has 0 saturated heterocycles. The van der Waals surface area contributed by atoms with E-state index in [9.17, 15) is 9.59 Å². The summed E-state index contributed by atoms with van der Waals surface area (Å²) in [5, 5.41) is 5.67. The van der Waals surface area contributed by atoms with Crippen LogP contribution in [0.1, 0.15) is 26.3 Å². The van der Waals surface area contributed by atoms with Crippen LogP contribution in [-0.4, -0.2) is 36.9 Å². The number of rotatable bonds is 4. The minimum Gasteiger partial charge on any atom is -0.497 e. The minimum atomic E-state index is -0.209. The fourth-order valence-electron chi connectivity index (χ4n) is 2.45. The van der Waals surface area contributed by atoms with Gasteiger partial charge in [0.15, 0.2) is 5.78 Å². The average Bonchev–Trinajstić information content (AvgIpc) is 2.63. The van der Waals surface area contributed by atoms with Crippen molar-refractivity contribution in [1.29, 1.82) is 0 Å². The van der Waals surface area contributed by atoms with E-state index in [0.717, 1.165) is 11.3 Å². The van der Waals surface area contributed by atoms with Gasteiger partial charge >= 0.3 is 0 Å². The monoisotopic (exact) mass is 320 g/mol. The van der Waals surface area contributed by atoms with Crippen LogP contribution in [0.25, 0.3) is 0 Å². The first kappa shape index (κ1) is 15.7. The molecule has 0 aromatic heterocycles. The first-order chi connectivity index (χ1) is 11.6. The van der Waals surface area contributed by atoms with E-state index < -0.39 is 0 Å². The van der Waals surface area contributed by atoms with Crippen LogP contribution in [0.15, 0.2) is 65.4 Å². The zero-order valence-corrected chi connectivity index (χ0v) is 13.4. The van der Waals surface area contributed by atoms with Crippen molar-refractivity contribution in [2.75, 3.05) is 14.2 Å². The summed E-state index contributed by atoms with van der Waals surface area (Å²) < 4.78 is 5.10. The van der Waals surface area contributed by atoms with Gasteiger partial charge in [-0.3, -0.25) is 14.6 Å². The lowest BCUT2D eigenvalue weighted by Gasteiger charge is -2.20. The molecule has 24 heavy (non-hydrogen) atoms. The lowest BCUT2D eigenvalue weighted by atomic mass is 9.93. The van der Waals surface area contributed by atoms with Crippen molar-refractivity contribution in [3.05, 3.63) is 77.0 Å². The molecule has 0 N–H and O–H groups in total. The SMILES string of the molecule is COc1ccc(/C=N/N(C)C2=CC(=O)c3ccccc3C2=O)cc1. The number of nitrogens with zero attached hydrogens (tertiary/aromatic N) is 2. The van der Waals surface area contributed by atoms with Crippen LogP contribution in [-0.2, 0) is 0 Å². The summed E-state index contributed by atoms with van der Waals surface area (Å²) in [5.74, 6) is 0.360. The Morgan fingerprint density at radius 3 is 2.33 bits per heavy atom. The molecule has 0 radical (unpaired) electrons. The fraction of sp³-hybridized carbons (Fsp3) is 0.105. The summed E-state index contributed by atoms with van der Waals surface area (Å²) >= 11 is 0. The van der Waals surface area contributed by atoms with Gasteiger partial charge < -0.3 is 4.74 Å². The number of Topliss-reactive ketones (excluding diaryl/α,β-unsaturated/α-hetero) is 1. The number of likely N-dealkylation sites (N-methyl/N-ethyl adjacent to an activating group) is 1. The number of hydrogen-bond acceptors (Lipinski definition) is 5. The highest BCUT2D eigenvalue weighted by molar-refractivity contribution is 6.24. The van der Waals surface area contributed by atoms with Gasteiger partial charge in [0.05, 0.1) is 13.3 Å². The van der Waals surface area contributed by atoms with Gasteiger partial charge in [-0.25, -0.2) is 0 Å². The number of allylic oxidation sites excluding steroid dienone is 2. The first-order valence-corrected chi connectivity index (χ1v) is 7.41. The molecule has 0 bridgehead atoms. The predicted octanol–water partition coefficient (Wildman–Crippen LogP) is 2.92. The number of fused-ring (bicyclic) bond motifs is 1. The van der Waals surface area contributed by atoms with Gasteiger partial charge in [-0.15, -0.1) is 0 Å². The largest absolute Gasteiger partial charge is 0.497 e. The van der Waals surface area contributed by atoms with Gasteiger partial charge in [0.1, 0.15) is 11.4 Å². The third-order valence-electron chi connectivity index (χ3n) is 3.78. The molecular weight excluding hydrogens is 304 g/mol. The summed E-state index contributed by atoms with van der Waals surface area (Å²) in [4.78, 5) is 24.7. The summed E-state index contributed by atoms with van der Waals surface area (Å²) in [5.41, 5.74) is 1.95. The Morgan fingerprint density at radius 1 is 1.00 bits per heavy atom. The second kappa shape index (κ2) is 6.50. The predicted molar refractivity (Wildman–Crippen MR) is 91.5 cm³/mol. The Kier molecular flexibility index (Phi) is 4.24. The van der Waals surface area contributed by atoms with Gasteiger partial charge in [0, 0.05) is 24.3 Å². The summed E-state index contributed by atoms with van der Waals surface area (Å²) in [6, 6.07) is 14.2. The number of ether oxygens (including phenoxy) is 1. The smallest absolute Gasteiger partial charge is 0.211 e. The lowest BCUT2D eigenvalue weighted by Crippen LogP contribution is -2.25. The van der Waals surface area contributed by atoms with Gasteiger partial charge in [-0.05, 0) is 29.8 Å². The molecule has 2 aromatic rings. The van der Waals surface area contributed by atoms with Crippen molar-refractivity contribution in [2.45, 2.75) is 0 Å². The van der Waals surface area contributed by atoms with Crippen molar-refractivity contribution < 1.29 is 14.3 Å². The highest BCUT2D eigenvalue weighted by atomic mass is 16.5. The molecule has 0 fully saturated rings. The van der Waals surface area contributed by atoms with Gasteiger partial charge in [-0.1, -0.05) is 24.3 Å². The Hall–Kier alpha value is -3.21. The number of hydrazone groups is 1. The maximum Gasteiger partial charge on any atom is 0.211 e. The average molecular weight is 320 g/mol. The third kappa shape index (κ3) is 2.96. The van der Waals surface area contributed by atoms with Crippen LogP contribution in [0.3, 0.4) is 0 Å². The van der Waals surface area contributed by atoms with E-state index in [-0.39, 0.29) is 17.3 Å².